The molecule has 0 amide bonds. The first-order valence-electron chi connectivity index (χ1n) is 6.53. The largest absolute Gasteiger partial charge is 0.380 e. The quantitative estimate of drug-likeness (QED) is 0.875. The Labute approximate surface area is 106 Å². The number of rotatable bonds is 4. The highest BCUT2D eigenvalue weighted by Gasteiger charge is 2.13. The summed E-state index contributed by atoms with van der Waals surface area (Å²) in [5.41, 5.74) is 0.911. The molecule has 1 fully saturated rings. The van der Waals surface area contributed by atoms with Gasteiger partial charge in [-0.05, 0) is 25.0 Å². The van der Waals surface area contributed by atoms with E-state index in [1.807, 2.05) is 28.8 Å². The maximum absolute atomic E-state index is 5.44. The van der Waals surface area contributed by atoms with Crippen LogP contribution in [0.25, 0.3) is 5.65 Å². The van der Waals surface area contributed by atoms with Crippen LogP contribution in [0.2, 0.25) is 0 Å². The minimum Gasteiger partial charge on any atom is -0.380 e. The first-order chi connectivity index (χ1) is 8.93. The van der Waals surface area contributed by atoms with Gasteiger partial charge >= 0.3 is 0 Å². The highest BCUT2D eigenvalue weighted by molar-refractivity contribution is 5.36. The van der Waals surface area contributed by atoms with E-state index in [9.17, 15) is 0 Å². The van der Waals surface area contributed by atoms with Gasteiger partial charge in [0.2, 0.25) is 0 Å². The van der Waals surface area contributed by atoms with Crippen LogP contribution in [-0.4, -0.2) is 40.4 Å². The van der Waals surface area contributed by atoms with E-state index in [-0.39, 0.29) is 0 Å². The summed E-state index contributed by atoms with van der Waals surface area (Å²) in [6.45, 7) is 2.66. The lowest BCUT2D eigenvalue weighted by atomic mass is 10.1. The van der Waals surface area contributed by atoms with Gasteiger partial charge in [-0.25, -0.2) is 0 Å². The minimum absolute atomic E-state index is 0.498. The van der Waals surface area contributed by atoms with Crippen molar-refractivity contribution >= 4 is 5.65 Å². The Morgan fingerprint density at radius 3 is 3.28 bits per heavy atom. The molecule has 0 aromatic carbocycles. The molecule has 1 aliphatic rings. The van der Waals surface area contributed by atoms with Gasteiger partial charge in [-0.15, -0.1) is 10.2 Å². The molecule has 18 heavy (non-hydrogen) atoms. The SMILES string of the molecule is c1ccn2c(CCNC3CCCOC3)nnc2c1. The fraction of sp³-hybridized carbons (Fsp3) is 0.538. The third kappa shape index (κ3) is 2.52. The van der Waals surface area contributed by atoms with Crippen LogP contribution < -0.4 is 5.32 Å². The second-order valence-electron chi connectivity index (χ2n) is 4.66. The summed E-state index contributed by atoms with van der Waals surface area (Å²) in [7, 11) is 0. The van der Waals surface area contributed by atoms with Gasteiger partial charge < -0.3 is 10.1 Å². The summed E-state index contributed by atoms with van der Waals surface area (Å²) in [5, 5.41) is 11.9. The molecule has 3 heterocycles. The molecule has 1 unspecified atom stereocenters. The number of hydrogen-bond donors (Lipinski definition) is 1. The van der Waals surface area contributed by atoms with Gasteiger partial charge in [-0.1, -0.05) is 6.07 Å². The summed E-state index contributed by atoms with van der Waals surface area (Å²) >= 11 is 0. The molecule has 2 aromatic rings. The van der Waals surface area contributed by atoms with Gasteiger partial charge in [0.15, 0.2) is 5.65 Å². The molecule has 0 bridgehead atoms. The molecule has 96 valence electrons. The van der Waals surface area contributed by atoms with Crippen molar-refractivity contribution in [3.63, 3.8) is 0 Å². The van der Waals surface area contributed by atoms with Gasteiger partial charge in [0.05, 0.1) is 6.61 Å². The summed E-state index contributed by atoms with van der Waals surface area (Å²) in [6, 6.07) is 6.45. The Kier molecular flexibility index (Phi) is 3.52. The van der Waals surface area contributed by atoms with Crippen LogP contribution in [0.3, 0.4) is 0 Å². The van der Waals surface area contributed by atoms with E-state index in [1.54, 1.807) is 0 Å². The molecule has 5 nitrogen and oxygen atoms in total. The van der Waals surface area contributed by atoms with Gasteiger partial charge in [-0.3, -0.25) is 4.40 Å². The molecule has 1 aliphatic heterocycles. The van der Waals surface area contributed by atoms with Crippen molar-refractivity contribution in [1.82, 2.24) is 19.9 Å². The van der Waals surface area contributed by atoms with Crippen LogP contribution in [0.1, 0.15) is 18.7 Å². The van der Waals surface area contributed by atoms with Gasteiger partial charge in [0.25, 0.3) is 0 Å². The fourth-order valence-electron chi connectivity index (χ4n) is 2.35. The zero-order chi connectivity index (χ0) is 12.2. The molecule has 0 aliphatic carbocycles. The smallest absolute Gasteiger partial charge is 0.160 e. The number of ether oxygens (including phenoxy) is 1. The first kappa shape index (κ1) is 11.6. The molecular weight excluding hydrogens is 228 g/mol. The summed E-state index contributed by atoms with van der Waals surface area (Å²) in [6.07, 6.45) is 5.27. The molecule has 2 aromatic heterocycles. The molecule has 3 rings (SSSR count). The Bertz CT molecular complexity index is 504. The molecule has 1 N–H and O–H groups in total. The third-order valence-corrected chi connectivity index (χ3v) is 3.33. The summed E-state index contributed by atoms with van der Waals surface area (Å²) < 4.78 is 7.49. The fourth-order valence-corrected chi connectivity index (χ4v) is 2.35. The topological polar surface area (TPSA) is 51.5 Å². The predicted octanol–water partition coefficient (Wildman–Crippen LogP) is 1.04. The van der Waals surface area contributed by atoms with Gasteiger partial charge in [-0.2, -0.15) is 0 Å². The summed E-state index contributed by atoms with van der Waals surface area (Å²) in [4.78, 5) is 0. The highest BCUT2D eigenvalue weighted by Crippen LogP contribution is 2.06. The van der Waals surface area contributed by atoms with Crippen LogP contribution in [0.5, 0.6) is 0 Å². The molecule has 1 atom stereocenters. The van der Waals surface area contributed by atoms with Crippen molar-refractivity contribution < 1.29 is 4.74 Å². The zero-order valence-corrected chi connectivity index (χ0v) is 10.4. The average Bonchev–Trinajstić information content (AvgIpc) is 2.84. The molecule has 0 spiro atoms. The van der Waals surface area contributed by atoms with Crippen molar-refractivity contribution in [2.75, 3.05) is 19.8 Å². The highest BCUT2D eigenvalue weighted by atomic mass is 16.5. The Morgan fingerprint density at radius 1 is 1.39 bits per heavy atom. The number of nitrogens with zero attached hydrogens (tertiary/aromatic N) is 3. The average molecular weight is 246 g/mol. The Hall–Kier alpha value is -1.46. The van der Waals surface area contributed by atoms with Crippen LogP contribution in [0.4, 0.5) is 0 Å². The summed E-state index contributed by atoms with van der Waals surface area (Å²) in [5.74, 6) is 1.01. The van der Waals surface area contributed by atoms with E-state index in [1.165, 1.54) is 6.42 Å². The number of hydrogen-bond acceptors (Lipinski definition) is 4. The number of pyridine rings is 1. The number of aromatic nitrogens is 3. The van der Waals surface area contributed by atoms with Crippen molar-refractivity contribution in [1.29, 1.82) is 0 Å². The second-order valence-corrected chi connectivity index (χ2v) is 4.66. The van der Waals surface area contributed by atoms with Crippen molar-refractivity contribution in [2.45, 2.75) is 25.3 Å². The normalized spacial score (nSPS) is 20.3. The maximum atomic E-state index is 5.44. The molecule has 5 heteroatoms. The number of fused-ring (bicyclic) bond motifs is 1. The van der Waals surface area contributed by atoms with Crippen LogP contribution in [-0.2, 0) is 11.2 Å². The molecule has 0 saturated carbocycles. The van der Waals surface area contributed by atoms with Crippen molar-refractivity contribution in [3.8, 4) is 0 Å². The zero-order valence-electron chi connectivity index (χ0n) is 10.4. The van der Waals surface area contributed by atoms with E-state index < -0.39 is 0 Å². The lowest BCUT2D eigenvalue weighted by Gasteiger charge is -2.22. The van der Waals surface area contributed by atoms with Gasteiger partial charge in [0, 0.05) is 31.8 Å². The van der Waals surface area contributed by atoms with E-state index in [0.29, 0.717) is 6.04 Å². The molecule has 0 radical (unpaired) electrons. The monoisotopic (exact) mass is 246 g/mol. The maximum Gasteiger partial charge on any atom is 0.160 e. The van der Waals surface area contributed by atoms with Crippen molar-refractivity contribution in [3.05, 3.63) is 30.2 Å². The Morgan fingerprint density at radius 2 is 2.39 bits per heavy atom. The van der Waals surface area contributed by atoms with Crippen LogP contribution >= 0.6 is 0 Å². The lowest BCUT2D eigenvalue weighted by molar-refractivity contribution is 0.0707. The minimum atomic E-state index is 0.498. The Balaban J connectivity index is 1.56. The van der Waals surface area contributed by atoms with E-state index >= 15 is 0 Å². The first-order valence-corrected chi connectivity index (χ1v) is 6.53. The lowest BCUT2D eigenvalue weighted by Crippen LogP contribution is -2.37. The van der Waals surface area contributed by atoms with E-state index in [2.05, 4.69) is 15.5 Å². The van der Waals surface area contributed by atoms with Crippen LogP contribution in [0.15, 0.2) is 24.4 Å². The third-order valence-electron chi connectivity index (χ3n) is 3.33. The van der Waals surface area contributed by atoms with E-state index in [4.69, 9.17) is 4.74 Å². The molecular formula is C13H18N4O. The second kappa shape index (κ2) is 5.46. The van der Waals surface area contributed by atoms with Crippen LogP contribution in [0, 0.1) is 0 Å². The standard InChI is InChI=1S/C13H18N4O/c1-2-8-17-12(5-1)15-16-13(17)6-7-14-11-4-3-9-18-10-11/h1-2,5,8,11,14H,3-4,6-7,9-10H2. The predicted molar refractivity (Wildman–Crippen MR) is 68.5 cm³/mol. The number of nitrogens with one attached hydrogen (secondary N) is 1. The van der Waals surface area contributed by atoms with E-state index in [0.717, 1.165) is 44.1 Å². The van der Waals surface area contributed by atoms with Gasteiger partial charge in [0.1, 0.15) is 5.82 Å². The van der Waals surface area contributed by atoms with Crippen molar-refractivity contribution in [2.24, 2.45) is 0 Å². The molecule has 1 saturated heterocycles.